The van der Waals surface area contributed by atoms with Crippen molar-refractivity contribution in [3.8, 4) is 0 Å². The zero-order valence-corrected chi connectivity index (χ0v) is 5.08. The van der Waals surface area contributed by atoms with E-state index < -0.39 is 5.97 Å². The topological polar surface area (TPSA) is 57.5 Å². The van der Waals surface area contributed by atoms with Crippen LogP contribution in [0.4, 0.5) is 0 Å². The molecule has 1 aliphatic rings. The van der Waals surface area contributed by atoms with Crippen molar-refractivity contribution in [2.75, 3.05) is 0 Å². The third kappa shape index (κ3) is 1.42. The molecular weight excluding hydrogens is 120 g/mol. The van der Waals surface area contributed by atoms with Crippen molar-refractivity contribution in [3.05, 3.63) is 0 Å². The number of carboxylic acids is 1. The SMILES string of the molecule is O=C(O)[C@@H]1CC[C@@H](O)C1. The van der Waals surface area contributed by atoms with Crippen LogP contribution in [0.1, 0.15) is 19.3 Å². The first-order valence-corrected chi connectivity index (χ1v) is 3.11. The van der Waals surface area contributed by atoms with E-state index in [1.54, 1.807) is 0 Å². The highest BCUT2D eigenvalue weighted by molar-refractivity contribution is 5.70. The van der Waals surface area contributed by atoms with Crippen molar-refractivity contribution < 1.29 is 15.0 Å². The lowest BCUT2D eigenvalue weighted by Gasteiger charge is -1.99. The van der Waals surface area contributed by atoms with Crippen LogP contribution >= 0.6 is 0 Å². The molecule has 0 aromatic heterocycles. The van der Waals surface area contributed by atoms with Crippen LogP contribution in [0.3, 0.4) is 0 Å². The summed E-state index contributed by atoms with van der Waals surface area (Å²) in [6.07, 6.45) is 1.36. The monoisotopic (exact) mass is 130 g/mol. The number of hydrogen-bond acceptors (Lipinski definition) is 2. The van der Waals surface area contributed by atoms with Gasteiger partial charge in [0.1, 0.15) is 0 Å². The van der Waals surface area contributed by atoms with Crippen LogP contribution in [0.25, 0.3) is 0 Å². The van der Waals surface area contributed by atoms with Gasteiger partial charge in [-0.25, -0.2) is 0 Å². The van der Waals surface area contributed by atoms with E-state index in [-0.39, 0.29) is 12.0 Å². The normalized spacial score (nSPS) is 34.8. The van der Waals surface area contributed by atoms with Crippen molar-refractivity contribution in [3.63, 3.8) is 0 Å². The number of aliphatic hydroxyl groups excluding tert-OH is 1. The predicted molar refractivity (Wildman–Crippen MR) is 31.0 cm³/mol. The van der Waals surface area contributed by atoms with E-state index in [1.165, 1.54) is 0 Å². The van der Waals surface area contributed by atoms with Crippen LogP contribution in [-0.4, -0.2) is 22.3 Å². The Hall–Kier alpha value is -0.570. The second-order valence-electron chi connectivity index (χ2n) is 2.50. The molecule has 2 N–H and O–H groups in total. The molecule has 52 valence electrons. The molecule has 0 unspecified atom stereocenters. The van der Waals surface area contributed by atoms with Crippen molar-refractivity contribution in [1.29, 1.82) is 0 Å². The molecule has 1 fully saturated rings. The molecule has 0 saturated heterocycles. The van der Waals surface area contributed by atoms with Gasteiger partial charge in [0.15, 0.2) is 0 Å². The van der Waals surface area contributed by atoms with Gasteiger partial charge in [0.2, 0.25) is 0 Å². The highest BCUT2D eigenvalue weighted by atomic mass is 16.4. The van der Waals surface area contributed by atoms with Crippen LogP contribution in [0, 0.1) is 5.92 Å². The molecule has 0 heterocycles. The fraction of sp³-hybridized carbons (Fsp3) is 0.833. The van der Waals surface area contributed by atoms with Gasteiger partial charge >= 0.3 is 5.97 Å². The van der Waals surface area contributed by atoms with E-state index in [4.69, 9.17) is 10.2 Å². The Labute approximate surface area is 53.3 Å². The summed E-state index contributed by atoms with van der Waals surface area (Å²) in [4.78, 5) is 10.2. The zero-order valence-electron chi connectivity index (χ0n) is 5.08. The summed E-state index contributed by atoms with van der Waals surface area (Å²) in [5, 5.41) is 17.3. The predicted octanol–water partition coefficient (Wildman–Crippen LogP) is 0.232. The Morgan fingerprint density at radius 1 is 1.44 bits per heavy atom. The first-order chi connectivity index (χ1) is 4.20. The average Bonchev–Trinajstić information content (AvgIpc) is 2.14. The Balaban J connectivity index is 2.39. The van der Waals surface area contributed by atoms with E-state index in [2.05, 4.69) is 0 Å². The molecule has 0 bridgehead atoms. The van der Waals surface area contributed by atoms with Gasteiger partial charge < -0.3 is 10.2 Å². The highest BCUT2D eigenvalue weighted by Gasteiger charge is 2.27. The summed E-state index contributed by atoms with van der Waals surface area (Å²) in [6.45, 7) is 0. The molecule has 0 amide bonds. The standard InChI is InChI=1S/C6H10O3/c7-5-2-1-4(3-5)6(8)9/h4-5,7H,1-3H2,(H,8,9)/t4-,5-/m1/s1. The molecular formula is C6H10O3. The number of aliphatic hydroxyl groups is 1. The Kier molecular flexibility index (Phi) is 1.71. The van der Waals surface area contributed by atoms with Gasteiger partial charge in [0.25, 0.3) is 0 Å². The quantitative estimate of drug-likeness (QED) is 0.534. The molecule has 0 aromatic carbocycles. The number of aliphatic carboxylic acids is 1. The third-order valence-corrected chi connectivity index (χ3v) is 1.75. The maximum absolute atomic E-state index is 10.2. The second-order valence-corrected chi connectivity index (χ2v) is 2.50. The van der Waals surface area contributed by atoms with Crippen molar-refractivity contribution >= 4 is 5.97 Å². The molecule has 0 aromatic rings. The summed E-state index contributed by atoms with van der Waals surface area (Å²) < 4.78 is 0. The largest absolute Gasteiger partial charge is 0.481 e. The molecule has 1 rings (SSSR count). The fourth-order valence-electron chi connectivity index (χ4n) is 1.18. The van der Waals surface area contributed by atoms with Crippen LogP contribution in [-0.2, 0) is 4.79 Å². The number of carboxylic acid groups (broad SMARTS) is 1. The van der Waals surface area contributed by atoms with Gasteiger partial charge in [0, 0.05) is 0 Å². The van der Waals surface area contributed by atoms with E-state index >= 15 is 0 Å². The van der Waals surface area contributed by atoms with Crippen LogP contribution in [0.5, 0.6) is 0 Å². The molecule has 3 nitrogen and oxygen atoms in total. The molecule has 1 aliphatic carbocycles. The van der Waals surface area contributed by atoms with Gasteiger partial charge in [-0.2, -0.15) is 0 Å². The average molecular weight is 130 g/mol. The minimum absolute atomic E-state index is 0.292. The van der Waals surface area contributed by atoms with Gasteiger partial charge in [-0.15, -0.1) is 0 Å². The third-order valence-electron chi connectivity index (χ3n) is 1.75. The van der Waals surface area contributed by atoms with E-state index in [9.17, 15) is 4.79 Å². The van der Waals surface area contributed by atoms with E-state index in [0.717, 1.165) is 0 Å². The zero-order chi connectivity index (χ0) is 6.85. The number of rotatable bonds is 1. The fourth-order valence-corrected chi connectivity index (χ4v) is 1.18. The van der Waals surface area contributed by atoms with E-state index in [0.29, 0.717) is 19.3 Å². The van der Waals surface area contributed by atoms with Gasteiger partial charge in [-0.3, -0.25) is 4.79 Å². The maximum Gasteiger partial charge on any atom is 0.306 e. The minimum atomic E-state index is -0.772. The lowest BCUT2D eigenvalue weighted by molar-refractivity contribution is -0.141. The molecule has 1 saturated carbocycles. The maximum atomic E-state index is 10.2. The smallest absolute Gasteiger partial charge is 0.306 e. The number of hydrogen-bond donors (Lipinski definition) is 2. The van der Waals surface area contributed by atoms with Crippen molar-refractivity contribution in [2.45, 2.75) is 25.4 Å². The van der Waals surface area contributed by atoms with Crippen molar-refractivity contribution in [1.82, 2.24) is 0 Å². The second kappa shape index (κ2) is 2.35. The molecule has 0 spiro atoms. The summed E-state index contributed by atoms with van der Waals surface area (Å²) >= 11 is 0. The van der Waals surface area contributed by atoms with Crippen molar-refractivity contribution in [2.24, 2.45) is 5.92 Å². The summed E-state index contributed by atoms with van der Waals surface area (Å²) in [6, 6.07) is 0. The van der Waals surface area contributed by atoms with Gasteiger partial charge in [-0.05, 0) is 19.3 Å². The highest BCUT2D eigenvalue weighted by Crippen LogP contribution is 2.24. The summed E-state index contributed by atoms with van der Waals surface area (Å²) in [5.74, 6) is -1.06. The summed E-state index contributed by atoms with van der Waals surface area (Å²) in [5.41, 5.74) is 0. The number of carbonyl (C=O) groups is 1. The van der Waals surface area contributed by atoms with Crippen LogP contribution in [0.2, 0.25) is 0 Å². The summed E-state index contributed by atoms with van der Waals surface area (Å²) in [7, 11) is 0. The first kappa shape index (κ1) is 6.55. The first-order valence-electron chi connectivity index (χ1n) is 3.11. The van der Waals surface area contributed by atoms with Gasteiger partial charge in [0.05, 0.1) is 12.0 Å². The Bertz CT molecular complexity index is 121. The molecule has 0 radical (unpaired) electrons. The van der Waals surface area contributed by atoms with Crippen LogP contribution < -0.4 is 0 Å². The lowest BCUT2D eigenvalue weighted by Crippen LogP contribution is -2.10. The lowest BCUT2D eigenvalue weighted by atomic mass is 10.1. The van der Waals surface area contributed by atoms with E-state index in [1.807, 2.05) is 0 Å². The molecule has 0 aliphatic heterocycles. The Morgan fingerprint density at radius 3 is 2.33 bits per heavy atom. The minimum Gasteiger partial charge on any atom is -0.481 e. The molecule has 3 heteroatoms. The van der Waals surface area contributed by atoms with Gasteiger partial charge in [-0.1, -0.05) is 0 Å². The molecule has 2 atom stereocenters. The molecule has 9 heavy (non-hydrogen) atoms. The Morgan fingerprint density at radius 2 is 2.11 bits per heavy atom. The van der Waals surface area contributed by atoms with Crippen LogP contribution in [0.15, 0.2) is 0 Å².